The van der Waals surface area contributed by atoms with E-state index in [0.717, 1.165) is 16.8 Å². The van der Waals surface area contributed by atoms with Crippen LogP contribution in [0.2, 0.25) is 0 Å². The summed E-state index contributed by atoms with van der Waals surface area (Å²) in [5, 5.41) is 4.71. The van der Waals surface area contributed by atoms with Crippen LogP contribution in [0.5, 0.6) is 0 Å². The summed E-state index contributed by atoms with van der Waals surface area (Å²) < 4.78 is 25.2. The highest BCUT2D eigenvalue weighted by atomic mass is 32.2. The van der Waals surface area contributed by atoms with Gasteiger partial charge in [0.05, 0.1) is 22.8 Å². The summed E-state index contributed by atoms with van der Waals surface area (Å²) in [6.45, 7) is 2.41. The van der Waals surface area contributed by atoms with Gasteiger partial charge in [-0.25, -0.2) is 13.1 Å². The van der Waals surface area contributed by atoms with E-state index in [2.05, 4.69) is 0 Å². The molecule has 28 heavy (non-hydrogen) atoms. The van der Waals surface area contributed by atoms with Crippen LogP contribution in [-0.2, 0) is 9.84 Å². The molecule has 2 aromatic carbocycles. The van der Waals surface area contributed by atoms with Gasteiger partial charge in [0.25, 0.3) is 5.91 Å². The number of nitrogens with zero attached hydrogens (tertiary/aromatic N) is 3. The summed E-state index contributed by atoms with van der Waals surface area (Å²) in [6, 6.07) is 17.4. The molecule has 0 unspecified atom stereocenters. The fraction of sp³-hybridized carbons (Fsp3) is 0.238. The maximum Gasteiger partial charge on any atom is 0.257 e. The molecule has 0 radical (unpaired) electrons. The Morgan fingerprint density at radius 1 is 0.964 bits per heavy atom. The van der Waals surface area contributed by atoms with Crippen molar-refractivity contribution in [2.45, 2.75) is 6.92 Å². The largest absolute Gasteiger partial charge is 0.336 e. The van der Waals surface area contributed by atoms with E-state index in [9.17, 15) is 13.2 Å². The van der Waals surface area contributed by atoms with Gasteiger partial charge in [0.1, 0.15) is 5.69 Å². The molecule has 0 atom stereocenters. The van der Waals surface area contributed by atoms with E-state index in [4.69, 9.17) is 5.10 Å². The Labute approximate surface area is 164 Å². The molecule has 1 amide bonds. The van der Waals surface area contributed by atoms with Crippen LogP contribution in [0.15, 0.2) is 60.8 Å². The lowest BCUT2D eigenvalue weighted by atomic mass is 10.0. The molecule has 1 aliphatic heterocycles. The van der Waals surface area contributed by atoms with Crippen molar-refractivity contribution in [1.29, 1.82) is 0 Å². The Kier molecular flexibility index (Phi) is 4.77. The topological polar surface area (TPSA) is 72.3 Å². The molecule has 4 rings (SSSR count). The first-order valence-electron chi connectivity index (χ1n) is 9.15. The van der Waals surface area contributed by atoms with Crippen LogP contribution in [0.1, 0.15) is 15.9 Å². The molecular formula is C21H21N3O3S. The van der Waals surface area contributed by atoms with Gasteiger partial charge in [-0.05, 0) is 24.6 Å². The molecule has 6 nitrogen and oxygen atoms in total. The summed E-state index contributed by atoms with van der Waals surface area (Å²) in [7, 11) is -3.05. The van der Waals surface area contributed by atoms with Gasteiger partial charge in [0, 0.05) is 24.8 Å². The maximum absolute atomic E-state index is 13.2. The number of carbonyl (C=O) groups excluding carboxylic acids is 1. The standard InChI is InChI=1S/C21H21N3O3S/c1-16-7-5-6-10-18(16)20-19(15-24(22-20)17-8-3-2-4-9-17)21(25)23-11-13-28(26,27)14-12-23/h2-10,15H,11-14H2,1H3. The number of aryl methyl sites for hydroxylation is 1. The highest BCUT2D eigenvalue weighted by Gasteiger charge is 2.29. The number of hydrogen-bond acceptors (Lipinski definition) is 4. The first-order valence-corrected chi connectivity index (χ1v) is 11.0. The molecule has 0 N–H and O–H groups in total. The Morgan fingerprint density at radius 2 is 1.61 bits per heavy atom. The number of amides is 1. The van der Waals surface area contributed by atoms with Crippen molar-refractivity contribution in [3.8, 4) is 16.9 Å². The molecule has 144 valence electrons. The van der Waals surface area contributed by atoms with E-state index >= 15 is 0 Å². The predicted molar refractivity (Wildman–Crippen MR) is 108 cm³/mol. The Bertz CT molecular complexity index is 1110. The van der Waals surface area contributed by atoms with Crippen molar-refractivity contribution in [3.05, 3.63) is 71.9 Å². The first kappa shape index (κ1) is 18.4. The summed E-state index contributed by atoms with van der Waals surface area (Å²) in [5.41, 5.74) is 3.87. The minimum Gasteiger partial charge on any atom is -0.336 e. The number of aromatic nitrogens is 2. The normalized spacial score (nSPS) is 16.1. The number of sulfone groups is 1. The van der Waals surface area contributed by atoms with Gasteiger partial charge in [-0.2, -0.15) is 5.10 Å². The molecule has 7 heteroatoms. The van der Waals surface area contributed by atoms with Crippen LogP contribution in [0.4, 0.5) is 0 Å². The zero-order chi connectivity index (χ0) is 19.7. The van der Waals surface area contributed by atoms with Gasteiger partial charge in [-0.3, -0.25) is 4.79 Å². The number of para-hydroxylation sites is 1. The average molecular weight is 395 g/mol. The molecule has 0 spiro atoms. The summed E-state index contributed by atoms with van der Waals surface area (Å²) in [4.78, 5) is 14.8. The van der Waals surface area contributed by atoms with Gasteiger partial charge in [-0.15, -0.1) is 0 Å². The summed E-state index contributed by atoms with van der Waals surface area (Å²) in [5.74, 6) is -0.174. The third-order valence-corrected chi connectivity index (χ3v) is 6.61. The van der Waals surface area contributed by atoms with Gasteiger partial charge < -0.3 is 4.90 Å². The number of hydrogen-bond donors (Lipinski definition) is 0. The van der Waals surface area contributed by atoms with E-state index in [1.54, 1.807) is 15.8 Å². The van der Waals surface area contributed by atoms with Gasteiger partial charge in [-0.1, -0.05) is 42.5 Å². The molecule has 0 aliphatic carbocycles. The monoisotopic (exact) mass is 395 g/mol. The van der Waals surface area contributed by atoms with Crippen LogP contribution in [0, 0.1) is 6.92 Å². The lowest BCUT2D eigenvalue weighted by molar-refractivity contribution is 0.0771. The van der Waals surface area contributed by atoms with Crippen LogP contribution >= 0.6 is 0 Å². The van der Waals surface area contributed by atoms with Gasteiger partial charge in [0.15, 0.2) is 9.84 Å². The summed E-state index contributed by atoms with van der Waals surface area (Å²) in [6.07, 6.45) is 1.74. The zero-order valence-electron chi connectivity index (χ0n) is 15.6. The first-order chi connectivity index (χ1) is 13.4. The Balaban J connectivity index is 1.78. The van der Waals surface area contributed by atoms with Gasteiger partial charge >= 0.3 is 0 Å². The van der Waals surface area contributed by atoms with Crippen LogP contribution in [0.25, 0.3) is 16.9 Å². The third kappa shape index (κ3) is 3.57. The highest BCUT2D eigenvalue weighted by Crippen LogP contribution is 2.28. The molecule has 0 saturated carbocycles. The van der Waals surface area contributed by atoms with Crippen LogP contribution < -0.4 is 0 Å². The Hall–Kier alpha value is -2.93. The second kappa shape index (κ2) is 7.24. The molecule has 1 fully saturated rings. The molecule has 1 saturated heterocycles. The van der Waals surface area contributed by atoms with Crippen molar-refractivity contribution in [2.75, 3.05) is 24.6 Å². The third-order valence-electron chi connectivity index (χ3n) is 5.00. The fourth-order valence-corrected chi connectivity index (χ4v) is 4.57. The fourth-order valence-electron chi connectivity index (χ4n) is 3.37. The van der Waals surface area contributed by atoms with E-state index in [1.165, 1.54) is 0 Å². The quantitative estimate of drug-likeness (QED) is 0.684. The van der Waals surface area contributed by atoms with Crippen molar-refractivity contribution in [2.24, 2.45) is 0 Å². The predicted octanol–water partition coefficient (Wildman–Crippen LogP) is 2.72. The molecule has 1 aromatic heterocycles. The van der Waals surface area contributed by atoms with E-state index < -0.39 is 9.84 Å². The van der Waals surface area contributed by atoms with E-state index in [1.807, 2.05) is 61.5 Å². The van der Waals surface area contributed by atoms with Crippen molar-refractivity contribution < 1.29 is 13.2 Å². The minimum absolute atomic E-state index is 0.00522. The maximum atomic E-state index is 13.2. The molecule has 3 aromatic rings. The molecular weight excluding hydrogens is 374 g/mol. The molecule has 0 bridgehead atoms. The van der Waals surface area contributed by atoms with E-state index in [-0.39, 0.29) is 30.5 Å². The second-order valence-electron chi connectivity index (χ2n) is 6.93. The Morgan fingerprint density at radius 3 is 2.29 bits per heavy atom. The zero-order valence-corrected chi connectivity index (χ0v) is 16.4. The highest BCUT2D eigenvalue weighted by molar-refractivity contribution is 7.91. The summed E-state index contributed by atoms with van der Waals surface area (Å²) >= 11 is 0. The number of rotatable bonds is 3. The average Bonchev–Trinajstić information content (AvgIpc) is 3.14. The van der Waals surface area contributed by atoms with Crippen LogP contribution in [-0.4, -0.2) is 53.6 Å². The SMILES string of the molecule is Cc1ccccc1-c1nn(-c2ccccc2)cc1C(=O)N1CCS(=O)(=O)CC1. The van der Waals surface area contributed by atoms with Crippen molar-refractivity contribution in [1.82, 2.24) is 14.7 Å². The molecule has 1 aliphatic rings. The second-order valence-corrected chi connectivity index (χ2v) is 9.23. The smallest absolute Gasteiger partial charge is 0.257 e. The number of carbonyl (C=O) groups is 1. The van der Waals surface area contributed by atoms with Crippen molar-refractivity contribution in [3.63, 3.8) is 0 Å². The lowest BCUT2D eigenvalue weighted by Crippen LogP contribution is -2.43. The minimum atomic E-state index is -3.05. The van der Waals surface area contributed by atoms with Crippen molar-refractivity contribution >= 4 is 15.7 Å². The van der Waals surface area contributed by atoms with Crippen LogP contribution in [0.3, 0.4) is 0 Å². The van der Waals surface area contributed by atoms with E-state index in [0.29, 0.717) is 11.3 Å². The molecule has 2 heterocycles. The number of benzene rings is 2. The van der Waals surface area contributed by atoms with Gasteiger partial charge in [0.2, 0.25) is 0 Å². The lowest BCUT2D eigenvalue weighted by Gasteiger charge is -2.26.